The maximum atomic E-state index is 10.4. The molecule has 0 bridgehead atoms. The fourth-order valence-corrected chi connectivity index (χ4v) is 6.91. The molecular weight excluding hydrogens is 384 g/mol. The zero-order valence-corrected chi connectivity index (χ0v) is 20.5. The number of rotatable bonds is 6. The number of hydrogen-bond acceptors (Lipinski definition) is 3. The van der Waals surface area contributed by atoms with Gasteiger partial charge in [-0.3, -0.25) is 0 Å². The number of fused-ring (bicyclic) bond motifs is 1. The molecule has 0 aromatic carbocycles. The Balaban J connectivity index is 1.71. The van der Waals surface area contributed by atoms with Crippen LogP contribution in [-0.4, -0.2) is 33.1 Å². The Labute approximate surface area is 190 Å². The molecule has 0 unspecified atom stereocenters. The van der Waals surface area contributed by atoms with E-state index >= 15 is 0 Å². The predicted molar refractivity (Wildman–Crippen MR) is 129 cm³/mol. The number of hydrogen-bond donors (Lipinski definition) is 3. The smallest absolute Gasteiger partial charge is 0.0837 e. The van der Waals surface area contributed by atoms with Crippen LogP contribution in [0.4, 0.5) is 0 Å². The Morgan fingerprint density at radius 1 is 1.23 bits per heavy atom. The van der Waals surface area contributed by atoms with Crippen LogP contribution < -0.4 is 0 Å². The zero-order chi connectivity index (χ0) is 23.0. The average Bonchev–Trinajstić information content (AvgIpc) is 3.04. The van der Waals surface area contributed by atoms with E-state index in [4.69, 9.17) is 0 Å². The number of allylic oxidation sites excluding steroid dienone is 3. The summed E-state index contributed by atoms with van der Waals surface area (Å²) in [5.41, 5.74) is 3.15. The lowest BCUT2D eigenvalue weighted by atomic mass is 9.60. The van der Waals surface area contributed by atoms with Crippen molar-refractivity contribution in [1.29, 1.82) is 0 Å². The minimum Gasteiger partial charge on any atom is -0.392 e. The highest BCUT2D eigenvalue weighted by molar-refractivity contribution is 5.39. The average molecular weight is 431 g/mol. The van der Waals surface area contributed by atoms with Gasteiger partial charge in [-0.15, -0.1) is 0 Å². The molecule has 7 atom stereocenters. The Morgan fingerprint density at radius 2 is 1.94 bits per heavy atom. The summed E-state index contributed by atoms with van der Waals surface area (Å²) in [6, 6.07) is 0. The quantitative estimate of drug-likeness (QED) is 0.488. The largest absolute Gasteiger partial charge is 0.392 e. The van der Waals surface area contributed by atoms with Crippen molar-refractivity contribution < 1.29 is 15.3 Å². The molecule has 0 saturated heterocycles. The summed E-state index contributed by atoms with van der Waals surface area (Å²) in [6.45, 7) is 14.8. The van der Waals surface area contributed by atoms with Gasteiger partial charge in [0.2, 0.25) is 0 Å². The highest BCUT2D eigenvalue weighted by atomic mass is 16.3. The number of aliphatic hydroxyl groups is 3. The van der Waals surface area contributed by atoms with Crippen LogP contribution in [0, 0.1) is 29.1 Å². The van der Waals surface area contributed by atoms with Gasteiger partial charge in [0, 0.05) is 5.92 Å². The summed E-state index contributed by atoms with van der Waals surface area (Å²) in [7, 11) is 0. The fraction of sp³-hybridized carbons (Fsp3) is 0.786. The van der Waals surface area contributed by atoms with Gasteiger partial charge >= 0.3 is 0 Å². The van der Waals surface area contributed by atoms with Gasteiger partial charge in [-0.1, -0.05) is 57.9 Å². The summed E-state index contributed by atoms with van der Waals surface area (Å²) in [5, 5.41) is 30.7. The van der Waals surface area contributed by atoms with Crippen molar-refractivity contribution in [1.82, 2.24) is 0 Å². The molecule has 0 aromatic heterocycles. The summed E-state index contributed by atoms with van der Waals surface area (Å²) in [6.07, 6.45) is 13.4. The molecule has 3 fully saturated rings. The molecule has 31 heavy (non-hydrogen) atoms. The van der Waals surface area contributed by atoms with Gasteiger partial charge in [-0.25, -0.2) is 0 Å². The molecule has 3 heteroatoms. The zero-order valence-electron chi connectivity index (χ0n) is 20.5. The van der Waals surface area contributed by atoms with Crippen molar-refractivity contribution in [2.45, 2.75) is 110 Å². The van der Waals surface area contributed by atoms with Gasteiger partial charge in [0.25, 0.3) is 0 Å². The van der Waals surface area contributed by atoms with Gasteiger partial charge in [0.05, 0.1) is 17.8 Å². The van der Waals surface area contributed by atoms with Crippen molar-refractivity contribution >= 4 is 0 Å². The molecule has 3 nitrogen and oxygen atoms in total. The van der Waals surface area contributed by atoms with Gasteiger partial charge in [0.15, 0.2) is 0 Å². The van der Waals surface area contributed by atoms with E-state index in [1.807, 2.05) is 20.8 Å². The second kappa shape index (κ2) is 9.53. The first-order valence-electron chi connectivity index (χ1n) is 12.6. The third kappa shape index (κ3) is 5.37. The van der Waals surface area contributed by atoms with E-state index in [1.54, 1.807) is 5.57 Å². The van der Waals surface area contributed by atoms with Gasteiger partial charge in [-0.05, 0) is 93.1 Å². The van der Waals surface area contributed by atoms with Crippen LogP contribution in [0.25, 0.3) is 0 Å². The third-order valence-electron chi connectivity index (χ3n) is 8.97. The molecule has 0 spiro atoms. The molecule has 3 aliphatic rings. The van der Waals surface area contributed by atoms with Gasteiger partial charge in [-0.2, -0.15) is 0 Å². The molecule has 3 aliphatic carbocycles. The van der Waals surface area contributed by atoms with Crippen molar-refractivity contribution in [3.63, 3.8) is 0 Å². The highest BCUT2D eigenvalue weighted by Crippen LogP contribution is 2.60. The Kier molecular flexibility index (Phi) is 7.61. The normalized spacial score (nSPS) is 40.4. The van der Waals surface area contributed by atoms with Crippen LogP contribution in [0.3, 0.4) is 0 Å². The minimum atomic E-state index is -0.648. The summed E-state index contributed by atoms with van der Waals surface area (Å²) in [4.78, 5) is 0. The lowest BCUT2D eigenvalue weighted by Crippen LogP contribution is -2.36. The maximum Gasteiger partial charge on any atom is 0.0837 e. The molecule has 176 valence electrons. The second-order valence-electron chi connectivity index (χ2n) is 11.8. The first-order chi connectivity index (χ1) is 14.4. The van der Waals surface area contributed by atoms with E-state index in [0.717, 1.165) is 36.3 Å². The third-order valence-corrected chi connectivity index (χ3v) is 8.97. The topological polar surface area (TPSA) is 60.7 Å². The minimum absolute atomic E-state index is 0.149. The molecule has 0 aromatic rings. The van der Waals surface area contributed by atoms with E-state index < -0.39 is 17.8 Å². The fourth-order valence-electron chi connectivity index (χ4n) is 6.91. The lowest BCUT2D eigenvalue weighted by Gasteiger charge is -2.44. The molecule has 3 N–H and O–H groups in total. The molecule has 0 amide bonds. The summed E-state index contributed by atoms with van der Waals surface area (Å²) in [5.74, 6) is 1.94. The Morgan fingerprint density at radius 3 is 2.61 bits per heavy atom. The van der Waals surface area contributed by atoms with Crippen molar-refractivity contribution in [2.24, 2.45) is 29.1 Å². The van der Waals surface area contributed by atoms with E-state index in [9.17, 15) is 15.3 Å². The van der Waals surface area contributed by atoms with Gasteiger partial charge in [0.1, 0.15) is 0 Å². The Hall–Kier alpha value is -0.900. The van der Waals surface area contributed by atoms with Crippen LogP contribution in [0.2, 0.25) is 0 Å². The Bertz CT molecular complexity index is 712. The molecule has 0 aliphatic heterocycles. The molecule has 0 radical (unpaired) electrons. The number of aliphatic hydroxyl groups excluding tert-OH is 2. The molecule has 3 saturated carbocycles. The first-order valence-corrected chi connectivity index (χ1v) is 12.6. The van der Waals surface area contributed by atoms with Crippen LogP contribution in [-0.2, 0) is 0 Å². The second-order valence-corrected chi connectivity index (χ2v) is 11.8. The monoisotopic (exact) mass is 430 g/mol. The molecular formula is C28H46O3. The first kappa shape index (κ1) is 24.7. The van der Waals surface area contributed by atoms with E-state index in [1.165, 1.54) is 32.1 Å². The summed E-state index contributed by atoms with van der Waals surface area (Å²) < 4.78 is 0. The highest BCUT2D eigenvalue weighted by Gasteiger charge is 2.50. The van der Waals surface area contributed by atoms with Crippen molar-refractivity contribution in [3.05, 3.63) is 35.5 Å². The predicted octanol–water partition coefficient (Wildman–Crippen LogP) is 5.95. The van der Waals surface area contributed by atoms with E-state index in [-0.39, 0.29) is 5.92 Å². The SMILES string of the molecule is C=C1/C(=C/C=C2\CCC[C@]3(C)[C@@H]([C@@H](C)CCCC(C)(C)O)CC[C@@H]23)C[C@H](O)[C@@H](C)[C@H]1O. The lowest BCUT2D eigenvalue weighted by molar-refractivity contribution is 0.0283. The molecule has 0 heterocycles. The van der Waals surface area contributed by atoms with E-state index in [0.29, 0.717) is 23.7 Å². The van der Waals surface area contributed by atoms with Crippen molar-refractivity contribution in [2.75, 3.05) is 0 Å². The summed E-state index contributed by atoms with van der Waals surface area (Å²) >= 11 is 0. The van der Waals surface area contributed by atoms with Gasteiger partial charge < -0.3 is 15.3 Å². The maximum absolute atomic E-state index is 10.4. The van der Waals surface area contributed by atoms with Crippen LogP contribution >= 0.6 is 0 Å². The van der Waals surface area contributed by atoms with E-state index in [2.05, 4.69) is 32.6 Å². The van der Waals surface area contributed by atoms with Crippen LogP contribution in [0.15, 0.2) is 35.5 Å². The molecule has 3 rings (SSSR count). The van der Waals surface area contributed by atoms with Crippen LogP contribution in [0.1, 0.15) is 92.4 Å². The van der Waals surface area contributed by atoms with Crippen LogP contribution in [0.5, 0.6) is 0 Å². The van der Waals surface area contributed by atoms with Crippen molar-refractivity contribution in [3.8, 4) is 0 Å². The standard InChI is InChI=1S/C28H46O3/c1-18(9-7-15-27(4,5)31)23-13-14-24-21(10-8-16-28(23,24)6)11-12-22-17-25(29)20(3)26(30)19(22)2/h11-12,18,20,23-26,29-31H,2,7-10,13-17H2,1,3-6H3/b21-11+,22-12+/t18-,20+,23+,24-,25-,26-,28+/m0/s1.